The van der Waals surface area contributed by atoms with E-state index in [9.17, 15) is 14.3 Å². The SMILES string of the molecule is CCOc1cc(/C=C/C(=O)[O-])ccc1OCCOc1ccc(F)cc1. The summed E-state index contributed by atoms with van der Waals surface area (Å²) in [7, 11) is 0. The van der Waals surface area contributed by atoms with Gasteiger partial charge in [-0.05, 0) is 55.0 Å². The Morgan fingerprint density at radius 1 is 1.04 bits per heavy atom. The minimum Gasteiger partial charge on any atom is -0.545 e. The number of hydrogen-bond acceptors (Lipinski definition) is 5. The lowest BCUT2D eigenvalue weighted by Crippen LogP contribution is -2.18. The molecule has 6 heteroatoms. The van der Waals surface area contributed by atoms with Gasteiger partial charge in [0.2, 0.25) is 0 Å². The van der Waals surface area contributed by atoms with Crippen LogP contribution in [0.3, 0.4) is 0 Å². The zero-order valence-electron chi connectivity index (χ0n) is 13.7. The van der Waals surface area contributed by atoms with Gasteiger partial charge < -0.3 is 24.1 Å². The molecule has 0 fully saturated rings. The van der Waals surface area contributed by atoms with Crippen molar-refractivity contribution in [2.45, 2.75) is 6.92 Å². The largest absolute Gasteiger partial charge is 0.545 e. The molecule has 0 radical (unpaired) electrons. The number of halogens is 1. The molecule has 132 valence electrons. The van der Waals surface area contributed by atoms with E-state index < -0.39 is 5.97 Å². The maximum absolute atomic E-state index is 12.8. The summed E-state index contributed by atoms with van der Waals surface area (Å²) in [6, 6.07) is 10.8. The average molecular weight is 345 g/mol. The molecule has 0 saturated heterocycles. The number of benzene rings is 2. The van der Waals surface area contributed by atoms with E-state index in [1.807, 2.05) is 6.92 Å². The molecular weight excluding hydrogens is 327 g/mol. The summed E-state index contributed by atoms with van der Waals surface area (Å²) in [5, 5.41) is 10.5. The quantitative estimate of drug-likeness (QED) is 0.516. The van der Waals surface area contributed by atoms with Gasteiger partial charge in [0.15, 0.2) is 11.5 Å². The zero-order chi connectivity index (χ0) is 18.1. The molecule has 0 N–H and O–H groups in total. The van der Waals surface area contributed by atoms with Crippen molar-refractivity contribution < 1.29 is 28.5 Å². The summed E-state index contributed by atoms with van der Waals surface area (Å²) in [6.45, 7) is 2.83. The van der Waals surface area contributed by atoms with E-state index in [0.717, 1.165) is 6.08 Å². The predicted molar refractivity (Wildman–Crippen MR) is 89.0 cm³/mol. The lowest BCUT2D eigenvalue weighted by Gasteiger charge is -2.13. The monoisotopic (exact) mass is 345 g/mol. The molecule has 0 aliphatic carbocycles. The molecule has 0 aromatic heterocycles. The van der Waals surface area contributed by atoms with E-state index in [1.54, 1.807) is 30.3 Å². The van der Waals surface area contributed by atoms with Gasteiger partial charge in [-0.2, -0.15) is 0 Å². The van der Waals surface area contributed by atoms with Gasteiger partial charge in [-0.25, -0.2) is 4.39 Å². The van der Waals surface area contributed by atoms with Crippen LogP contribution in [0.15, 0.2) is 48.5 Å². The van der Waals surface area contributed by atoms with Crippen LogP contribution < -0.4 is 19.3 Å². The summed E-state index contributed by atoms with van der Waals surface area (Å²) in [4.78, 5) is 10.5. The van der Waals surface area contributed by atoms with Crippen LogP contribution in [0.5, 0.6) is 17.2 Å². The molecule has 0 spiro atoms. The number of hydrogen-bond donors (Lipinski definition) is 0. The number of ether oxygens (including phenoxy) is 3. The van der Waals surface area contributed by atoms with Crippen LogP contribution in [0.1, 0.15) is 12.5 Å². The normalized spacial score (nSPS) is 10.6. The summed E-state index contributed by atoms with van der Waals surface area (Å²) in [6.07, 6.45) is 2.36. The smallest absolute Gasteiger partial charge is 0.161 e. The van der Waals surface area contributed by atoms with Crippen molar-refractivity contribution in [1.29, 1.82) is 0 Å². The third-order valence-electron chi connectivity index (χ3n) is 3.10. The summed E-state index contributed by atoms with van der Waals surface area (Å²) in [5.74, 6) is -0.00765. The van der Waals surface area contributed by atoms with Gasteiger partial charge in [-0.3, -0.25) is 0 Å². The lowest BCUT2D eigenvalue weighted by atomic mass is 10.2. The summed E-state index contributed by atoms with van der Waals surface area (Å²) in [5.41, 5.74) is 0.655. The van der Waals surface area contributed by atoms with Crippen molar-refractivity contribution in [1.82, 2.24) is 0 Å². The predicted octanol–water partition coefficient (Wildman–Crippen LogP) is 2.45. The molecule has 0 aliphatic heterocycles. The Morgan fingerprint density at radius 2 is 1.76 bits per heavy atom. The molecular formula is C19H18FO5-. The van der Waals surface area contributed by atoms with Crippen LogP contribution in [0, 0.1) is 5.82 Å². The van der Waals surface area contributed by atoms with Gasteiger partial charge in [0.1, 0.15) is 24.8 Å². The third-order valence-corrected chi connectivity index (χ3v) is 3.10. The molecule has 0 bridgehead atoms. The number of aliphatic carboxylic acids is 1. The molecule has 0 aliphatic rings. The number of carbonyl (C=O) groups excluding carboxylic acids is 1. The van der Waals surface area contributed by atoms with Crippen LogP contribution in [-0.2, 0) is 4.79 Å². The van der Waals surface area contributed by atoms with Gasteiger partial charge in [0.25, 0.3) is 0 Å². The minimum atomic E-state index is -1.27. The van der Waals surface area contributed by atoms with E-state index in [0.29, 0.717) is 29.4 Å². The Bertz CT molecular complexity index is 725. The molecule has 0 unspecified atom stereocenters. The molecule has 0 saturated carbocycles. The van der Waals surface area contributed by atoms with Crippen molar-refractivity contribution >= 4 is 12.0 Å². The topological polar surface area (TPSA) is 67.8 Å². The van der Waals surface area contributed by atoms with E-state index in [-0.39, 0.29) is 19.0 Å². The molecule has 25 heavy (non-hydrogen) atoms. The van der Waals surface area contributed by atoms with Gasteiger partial charge in [-0.15, -0.1) is 0 Å². The van der Waals surface area contributed by atoms with Crippen molar-refractivity contribution in [2.24, 2.45) is 0 Å². The first-order chi connectivity index (χ1) is 12.1. The fourth-order valence-corrected chi connectivity index (χ4v) is 2.02. The number of carboxylic acid groups (broad SMARTS) is 1. The van der Waals surface area contributed by atoms with Crippen molar-refractivity contribution in [3.63, 3.8) is 0 Å². The maximum atomic E-state index is 12.8. The van der Waals surface area contributed by atoms with Crippen LogP contribution in [0.2, 0.25) is 0 Å². The van der Waals surface area contributed by atoms with Crippen LogP contribution in [0.4, 0.5) is 4.39 Å². The fraction of sp³-hybridized carbons (Fsp3) is 0.211. The zero-order valence-corrected chi connectivity index (χ0v) is 13.7. The highest BCUT2D eigenvalue weighted by Crippen LogP contribution is 2.29. The van der Waals surface area contributed by atoms with Gasteiger partial charge in [0.05, 0.1) is 12.6 Å². The highest BCUT2D eigenvalue weighted by atomic mass is 19.1. The van der Waals surface area contributed by atoms with Crippen molar-refractivity contribution in [3.05, 3.63) is 59.9 Å². The van der Waals surface area contributed by atoms with Gasteiger partial charge >= 0.3 is 0 Å². The Kier molecular flexibility index (Phi) is 6.83. The van der Waals surface area contributed by atoms with E-state index in [4.69, 9.17) is 14.2 Å². The van der Waals surface area contributed by atoms with E-state index in [1.165, 1.54) is 18.2 Å². The van der Waals surface area contributed by atoms with Crippen molar-refractivity contribution in [2.75, 3.05) is 19.8 Å². The van der Waals surface area contributed by atoms with Crippen molar-refractivity contribution in [3.8, 4) is 17.2 Å². The highest BCUT2D eigenvalue weighted by molar-refractivity contribution is 5.83. The number of carbonyl (C=O) groups is 1. The lowest BCUT2D eigenvalue weighted by molar-refractivity contribution is -0.297. The highest BCUT2D eigenvalue weighted by Gasteiger charge is 2.06. The Hall–Kier alpha value is -3.02. The third kappa shape index (κ3) is 6.18. The second kappa shape index (κ2) is 9.32. The molecule has 2 aromatic rings. The first kappa shape index (κ1) is 18.3. The molecule has 5 nitrogen and oxygen atoms in total. The van der Waals surface area contributed by atoms with Crippen LogP contribution in [0.25, 0.3) is 6.08 Å². The van der Waals surface area contributed by atoms with Crippen LogP contribution >= 0.6 is 0 Å². The first-order valence-corrected chi connectivity index (χ1v) is 7.75. The summed E-state index contributed by atoms with van der Waals surface area (Å²) >= 11 is 0. The van der Waals surface area contributed by atoms with Gasteiger partial charge in [-0.1, -0.05) is 12.1 Å². The standard InChI is InChI=1S/C19H19FO5/c1-2-23-18-13-14(4-10-19(21)22)3-9-17(18)25-12-11-24-16-7-5-15(20)6-8-16/h3-10,13H,2,11-12H2,1H3,(H,21,22)/p-1/b10-4+. The molecule has 0 amide bonds. The summed E-state index contributed by atoms with van der Waals surface area (Å²) < 4.78 is 29.4. The molecule has 2 rings (SSSR count). The molecule has 2 aromatic carbocycles. The van der Waals surface area contributed by atoms with Crippen LogP contribution in [-0.4, -0.2) is 25.8 Å². The maximum Gasteiger partial charge on any atom is 0.161 e. The number of rotatable bonds is 9. The van der Waals surface area contributed by atoms with E-state index >= 15 is 0 Å². The average Bonchev–Trinajstić information content (AvgIpc) is 2.60. The Balaban J connectivity index is 1.93. The molecule has 0 atom stereocenters. The minimum absolute atomic E-state index is 0.270. The number of carboxylic acids is 1. The second-order valence-corrected chi connectivity index (χ2v) is 4.94. The first-order valence-electron chi connectivity index (χ1n) is 7.75. The second-order valence-electron chi connectivity index (χ2n) is 4.94. The van der Waals surface area contributed by atoms with E-state index in [2.05, 4.69) is 0 Å². The molecule has 0 heterocycles. The fourth-order valence-electron chi connectivity index (χ4n) is 2.02. The Labute approximate surface area is 145 Å². The van der Waals surface area contributed by atoms with Gasteiger partial charge in [0, 0.05) is 0 Å². The Morgan fingerprint density at radius 3 is 2.44 bits per heavy atom.